The molecule has 2 nitrogen and oxygen atoms in total. The van der Waals surface area contributed by atoms with E-state index in [1.165, 1.54) is 24.8 Å². The average Bonchev–Trinajstić information content (AvgIpc) is 2.71. The van der Waals surface area contributed by atoms with Gasteiger partial charge in [0, 0.05) is 11.6 Å². The van der Waals surface area contributed by atoms with Crippen LogP contribution in [-0.4, -0.2) is 24.5 Å². The van der Waals surface area contributed by atoms with Crippen LogP contribution in [0.25, 0.3) is 0 Å². The molecule has 3 heteroatoms. The minimum atomic E-state index is -0.361. The van der Waals surface area contributed by atoms with Crippen molar-refractivity contribution in [3.63, 3.8) is 0 Å². The van der Waals surface area contributed by atoms with Crippen LogP contribution in [0.5, 0.6) is 0 Å². The molecular weight excluding hydrogens is 376 g/mol. The Balaban J connectivity index is 1.63. The lowest BCUT2D eigenvalue weighted by molar-refractivity contribution is 0.184. The largest absolute Gasteiger partial charge is 0.303 e. The first kappa shape index (κ1) is 21.9. The lowest BCUT2D eigenvalue weighted by Gasteiger charge is -2.41. The molecule has 0 saturated heterocycles. The minimum absolute atomic E-state index is 0.361. The molecule has 2 aromatic carbocycles. The molecule has 1 aliphatic rings. The number of hydrogen-bond acceptors (Lipinski definition) is 2. The highest BCUT2D eigenvalue weighted by molar-refractivity contribution is 6.30. The van der Waals surface area contributed by atoms with Crippen molar-refractivity contribution in [1.82, 2.24) is 4.90 Å². The van der Waals surface area contributed by atoms with Gasteiger partial charge in [0.25, 0.3) is 0 Å². The first-order valence-electron chi connectivity index (χ1n) is 11.1. The van der Waals surface area contributed by atoms with E-state index in [9.17, 15) is 5.26 Å². The first-order chi connectivity index (χ1) is 14.2. The summed E-state index contributed by atoms with van der Waals surface area (Å²) < 4.78 is 0. The van der Waals surface area contributed by atoms with Gasteiger partial charge < -0.3 is 4.90 Å². The summed E-state index contributed by atoms with van der Waals surface area (Å²) in [6.07, 6.45) is 7.83. The van der Waals surface area contributed by atoms with E-state index >= 15 is 0 Å². The van der Waals surface area contributed by atoms with Crippen LogP contribution in [0.3, 0.4) is 0 Å². The molecule has 1 saturated carbocycles. The van der Waals surface area contributed by atoms with Crippen LogP contribution in [0.15, 0.2) is 54.6 Å². The van der Waals surface area contributed by atoms with Gasteiger partial charge in [-0.2, -0.15) is 5.26 Å². The molecule has 1 atom stereocenters. The van der Waals surface area contributed by atoms with Crippen LogP contribution < -0.4 is 0 Å². The lowest BCUT2D eigenvalue weighted by Crippen LogP contribution is -2.39. The summed E-state index contributed by atoms with van der Waals surface area (Å²) in [6, 6.07) is 21.5. The molecule has 0 radical (unpaired) electrons. The molecule has 0 aliphatic heterocycles. The Morgan fingerprint density at radius 2 is 1.76 bits per heavy atom. The van der Waals surface area contributed by atoms with Gasteiger partial charge in [-0.1, -0.05) is 67.4 Å². The van der Waals surface area contributed by atoms with E-state index in [0.29, 0.717) is 5.92 Å². The smallest absolute Gasteiger partial charge is 0.0850 e. The van der Waals surface area contributed by atoms with Crippen LogP contribution >= 0.6 is 11.6 Å². The summed E-state index contributed by atoms with van der Waals surface area (Å²) >= 11 is 6.11. The predicted molar refractivity (Wildman–Crippen MR) is 122 cm³/mol. The highest BCUT2D eigenvalue weighted by Crippen LogP contribution is 2.47. The number of halogens is 1. The van der Waals surface area contributed by atoms with Gasteiger partial charge in [-0.05, 0) is 80.8 Å². The molecule has 3 rings (SSSR count). The number of hydrogen-bond donors (Lipinski definition) is 0. The van der Waals surface area contributed by atoms with Gasteiger partial charge in [0.05, 0.1) is 11.5 Å². The lowest BCUT2D eigenvalue weighted by atomic mass is 9.61. The maximum Gasteiger partial charge on any atom is 0.0850 e. The third kappa shape index (κ3) is 5.62. The maximum absolute atomic E-state index is 10.3. The van der Waals surface area contributed by atoms with Crippen molar-refractivity contribution < 1.29 is 0 Å². The van der Waals surface area contributed by atoms with Crippen molar-refractivity contribution in [1.29, 1.82) is 5.26 Å². The Labute approximate surface area is 181 Å². The summed E-state index contributed by atoms with van der Waals surface area (Å²) in [4.78, 5) is 2.57. The molecule has 0 bridgehead atoms. The predicted octanol–water partition coefficient (Wildman–Crippen LogP) is 6.64. The number of benzene rings is 2. The van der Waals surface area contributed by atoms with Crippen LogP contribution in [0.1, 0.15) is 56.6 Å². The van der Waals surface area contributed by atoms with Gasteiger partial charge >= 0.3 is 0 Å². The second-order valence-corrected chi connectivity index (χ2v) is 8.84. The van der Waals surface area contributed by atoms with E-state index in [1.54, 1.807) is 0 Å². The van der Waals surface area contributed by atoms with Crippen LogP contribution in [0, 0.1) is 17.2 Å². The quantitative estimate of drug-likeness (QED) is 0.416. The third-order valence-corrected chi connectivity index (χ3v) is 6.76. The number of nitrogens with zero attached hydrogens (tertiary/aromatic N) is 2. The van der Waals surface area contributed by atoms with E-state index in [4.69, 9.17) is 11.6 Å². The summed E-state index contributed by atoms with van der Waals surface area (Å²) in [7, 11) is 0. The van der Waals surface area contributed by atoms with Gasteiger partial charge in [0.1, 0.15) is 0 Å². The fourth-order valence-corrected chi connectivity index (χ4v) is 4.74. The van der Waals surface area contributed by atoms with Crippen molar-refractivity contribution in [3.8, 4) is 6.07 Å². The summed E-state index contributed by atoms with van der Waals surface area (Å²) in [5.41, 5.74) is 2.19. The SMILES string of the molecule is CCCN(CCCC(C#N)(c1ccc(Cl)cc1)C1CCC1)CCc1ccccc1. The fraction of sp³-hybridized carbons (Fsp3) is 0.500. The van der Waals surface area contributed by atoms with E-state index in [-0.39, 0.29) is 5.41 Å². The van der Waals surface area contributed by atoms with Crippen LogP contribution in [0.4, 0.5) is 0 Å². The van der Waals surface area contributed by atoms with Crippen molar-refractivity contribution in [3.05, 3.63) is 70.7 Å². The van der Waals surface area contributed by atoms with Crippen molar-refractivity contribution in [2.24, 2.45) is 5.92 Å². The van der Waals surface area contributed by atoms with Gasteiger partial charge in [-0.15, -0.1) is 0 Å². The molecule has 0 aromatic heterocycles. The fourth-order valence-electron chi connectivity index (χ4n) is 4.61. The monoisotopic (exact) mass is 408 g/mol. The normalized spacial score (nSPS) is 16.2. The molecule has 29 heavy (non-hydrogen) atoms. The first-order valence-corrected chi connectivity index (χ1v) is 11.5. The summed E-state index contributed by atoms with van der Waals surface area (Å²) in [5.74, 6) is 0.484. The highest BCUT2D eigenvalue weighted by Gasteiger charge is 2.43. The second kappa shape index (κ2) is 10.8. The zero-order chi connectivity index (χ0) is 20.5. The maximum atomic E-state index is 10.3. The zero-order valence-electron chi connectivity index (χ0n) is 17.6. The summed E-state index contributed by atoms with van der Waals surface area (Å²) in [5, 5.41) is 11.0. The van der Waals surface area contributed by atoms with Crippen LogP contribution in [0.2, 0.25) is 5.02 Å². The Hall–Kier alpha value is -1.82. The van der Waals surface area contributed by atoms with Gasteiger partial charge in [0.15, 0.2) is 0 Å². The highest BCUT2D eigenvalue weighted by atomic mass is 35.5. The van der Waals surface area contributed by atoms with E-state index in [0.717, 1.165) is 55.9 Å². The van der Waals surface area contributed by atoms with Crippen molar-refractivity contribution >= 4 is 11.6 Å². The Morgan fingerprint density at radius 1 is 1.03 bits per heavy atom. The zero-order valence-corrected chi connectivity index (χ0v) is 18.4. The van der Waals surface area contributed by atoms with Gasteiger partial charge in [-0.3, -0.25) is 0 Å². The number of rotatable bonds is 11. The molecule has 1 fully saturated rings. The molecule has 1 unspecified atom stereocenters. The standard InChI is InChI=1S/C26H33ClN2/c1-2-18-29(20-16-22-8-4-3-5-9-22)19-7-17-26(21-28,23-10-6-11-23)24-12-14-25(27)15-13-24/h3-5,8-9,12-15,23H,2,6-7,10-11,16-20H2,1H3. The molecule has 154 valence electrons. The van der Waals surface area contributed by atoms with E-state index < -0.39 is 0 Å². The molecule has 0 spiro atoms. The van der Waals surface area contributed by atoms with Gasteiger partial charge in [-0.25, -0.2) is 0 Å². The number of nitriles is 1. The molecule has 1 aliphatic carbocycles. The van der Waals surface area contributed by atoms with Crippen molar-refractivity contribution in [2.75, 3.05) is 19.6 Å². The van der Waals surface area contributed by atoms with Crippen LogP contribution in [-0.2, 0) is 11.8 Å². The average molecular weight is 409 g/mol. The Kier molecular flexibility index (Phi) is 8.16. The Bertz CT molecular complexity index is 777. The topological polar surface area (TPSA) is 27.0 Å². The Morgan fingerprint density at radius 3 is 2.34 bits per heavy atom. The molecule has 2 aromatic rings. The van der Waals surface area contributed by atoms with Gasteiger partial charge in [0.2, 0.25) is 0 Å². The molecular formula is C26H33ClN2. The second-order valence-electron chi connectivity index (χ2n) is 8.40. The molecule has 0 amide bonds. The van der Waals surface area contributed by atoms with E-state index in [2.05, 4.69) is 60.4 Å². The third-order valence-electron chi connectivity index (χ3n) is 6.51. The van der Waals surface area contributed by atoms with E-state index in [1.807, 2.05) is 12.1 Å². The summed E-state index contributed by atoms with van der Waals surface area (Å²) in [6.45, 7) is 5.51. The molecule has 0 N–H and O–H groups in total. The minimum Gasteiger partial charge on any atom is -0.303 e. The van der Waals surface area contributed by atoms with Crippen molar-refractivity contribution in [2.45, 2.75) is 57.3 Å². The molecule has 0 heterocycles.